The highest BCUT2D eigenvalue weighted by Crippen LogP contribution is 2.16. The number of ether oxygens (including phenoxy) is 2. The Hall–Kier alpha value is -1.82. The van der Waals surface area contributed by atoms with Crippen LogP contribution in [0.4, 0.5) is 0 Å². The van der Waals surface area contributed by atoms with E-state index in [9.17, 15) is 0 Å². The molecule has 1 aliphatic rings. The molecule has 1 unspecified atom stereocenters. The lowest BCUT2D eigenvalue weighted by atomic mass is 10.2. The largest absolute Gasteiger partial charge is 0.475 e. The van der Waals surface area contributed by atoms with Gasteiger partial charge in [-0.05, 0) is 25.8 Å². The van der Waals surface area contributed by atoms with Crippen LogP contribution in [0.5, 0.6) is 5.88 Å². The van der Waals surface area contributed by atoms with Gasteiger partial charge in [-0.2, -0.15) is 0 Å². The minimum absolute atomic E-state index is 0.0440. The van der Waals surface area contributed by atoms with Crippen molar-refractivity contribution in [2.45, 2.75) is 25.9 Å². The first-order valence-corrected chi connectivity index (χ1v) is 5.90. The minimum Gasteiger partial charge on any atom is -0.475 e. The van der Waals surface area contributed by atoms with E-state index >= 15 is 0 Å². The summed E-state index contributed by atoms with van der Waals surface area (Å²) in [5.41, 5.74) is 6.88. The van der Waals surface area contributed by atoms with E-state index in [0.29, 0.717) is 18.1 Å². The van der Waals surface area contributed by atoms with Crippen molar-refractivity contribution >= 4 is 5.84 Å². The van der Waals surface area contributed by atoms with E-state index in [1.165, 1.54) is 0 Å². The second kappa shape index (κ2) is 5.68. The van der Waals surface area contributed by atoms with Gasteiger partial charge in [-0.15, -0.1) is 0 Å². The van der Waals surface area contributed by atoms with Crippen molar-refractivity contribution in [2.24, 2.45) is 10.9 Å². The average molecular weight is 251 g/mol. The van der Waals surface area contributed by atoms with Gasteiger partial charge in [0.25, 0.3) is 0 Å². The molecule has 0 amide bonds. The monoisotopic (exact) mass is 251 g/mol. The van der Waals surface area contributed by atoms with Gasteiger partial charge < -0.3 is 20.4 Å². The van der Waals surface area contributed by atoms with Gasteiger partial charge in [-0.3, -0.25) is 0 Å². The summed E-state index contributed by atoms with van der Waals surface area (Å²) in [7, 11) is 0. The third-order valence-corrected chi connectivity index (χ3v) is 2.77. The number of rotatable bonds is 4. The highest BCUT2D eigenvalue weighted by molar-refractivity contribution is 5.97. The maximum Gasteiger partial charge on any atom is 0.214 e. The van der Waals surface area contributed by atoms with Crippen LogP contribution in [-0.4, -0.2) is 35.3 Å². The first kappa shape index (κ1) is 12.6. The zero-order valence-corrected chi connectivity index (χ0v) is 10.3. The van der Waals surface area contributed by atoms with Crippen molar-refractivity contribution in [3.05, 3.63) is 23.4 Å². The van der Waals surface area contributed by atoms with E-state index in [4.69, 9.17) is 20.4 Å². The van der Waals surface area contributed by atoms with Crippen LogP contribution in [0.3, 0.4) is 0 Å². The van der Waals surface area contributed by atoms with Crippen LogP contribution in [-0.2, 0) is 4.74 Å². The standard InChI is InChI=1S/C12H17N3O3/c1-8-5-9(12(13)15-16)6-11(14-8)18-7-10-3-2-4-17-10/h5-6,10,16H,2-4,7H2,1H3,(H2,13,15). The average Bonchev–Trinajstić information content (AvgIpc) is 2.88. The maximum atomic E-state index is 8.65. The van der Waals surface area contributed by atoms with Crippen LogP contribution in [0, 0.1) is 6.92 Å². The summed E-state index contributed by atoms with van der Waals surface area (Å²) in [6.45, 7) is 3.10. The number of oxime groups is 1. The minimum atomic E-state index is 0.0440. The molecule has 0 aromatic carbocycles. The Bertz CT molecular complexity index is 442. The first-order chi connectivity index (χ1) is 8.69. The molecule has 1 aromatic heterocycles. The Balaban J connectivity index is 2.05. The molecule has 3 N–H and O–H groups in total. The summed E-state index contributed by atoms with van der Waals surface area (Å²) in [4.78, 5) is 4.24. The molecule has 18 heavy (non-hydrogen) atoms. The number of aromatic nitrogens is 1. The second-order valence-electron chi connectivity index (χ2n) is 4.27. The summed E-state index contributed by atoms with van der Waals surface area (Å²) in [6, 6.07) is 3.38. The summed E-state index contributed by atoms with van der Waals surface area (Å²) in [6.07, 6.45) is 2.23. The van der Waals surface area contributed by atoms with Gasteiger partial charge in [0, 0.05) is 23.9 Å². The molecule has 1 fully saturated rings. The fraction of sp³-hybridized carbons (Fsp3) is 0.500. The summed E-state index contributed by atoms with van der Waals surface area (Å²) >= 11 is 0. The Kier molecular flexibility index (Phi) is 3.99. The fourth-order valence-electron chi connectivity index (χ4n) is 1.87. The Morgan fingerprint density at radius 1 is 1.67 bits per heavy atom. The third-order valence-electron chi connectivity index (χ3n) is 2.77. The van der Waals surface area contributed by atoms with Crippen LogP contribution in [0.25, 0.3) is 0 Å². The van der Waals surface area contributed by atoms with Gasteiger partial charge in [-0.1, -0.05) is 5.16 Å². The van der Waals surface area contributed by atoms with E-state index in [1.807, 2.05) is 6.92 Å². The molecule has 2 rings (SSSR count). The molecular formula is C12H17N3O3. The highest BCUT2D eigenvalue weighted by Gasteiger charge is 2.16. The topological polar surface area (TPSA) is 90.0 Å². The molecule has 1 atom stereocenters. The maximum absolute atomic E-state index is 8.65. The Labute approximate surface area is 105 Å². The molecule has 0 saturated carbocycles. The zero-order chi connectivity index (χ0) is 13.0. The van der Waals surface area contributed by atoms with Gasteiger partial charge >= 0.3 is 0 Å². The van der Waals surface area contributed by atoms with Crippen LogP contribution in [0.15, 0.2) is 17.3 Å². The molecule has 2 heterocycles. The van der Waals surface area contributed by atoms with E-state index < -0.39 is 0 Å². The lowest BCUT2D eigenvalue weighted by Crippen LogP contribution is -2.18. The molecule has 0 aliphatic carbocycles. The Morgan fingerprint density at radius 2 is 2.50 bits per heavy atom. The van der Waals surface area contributed by atoms with E-state index in [-0.39, 0.29) is 11.9 Å². The highest BCUT2D eigenvalue weighted by atomic mass is 16.5. The van der Waals surface area contributed by atoms with Crippen molar-refractivity contribution in [1.29, 1.82) is 0 Å². The van der Waals surface area contributed by atoms with Crippen molar-refractivity contribution in [1.82, 2.24) is 4.98 Å². The number of nitrogens with zero attached hydrogens (tertiary/aromatic N) is 2. The molecule has 0 spiro atoms. The van der Waals surface area contributed by atoms with Gasteiger partial charge in [0.1, 0.15) is 6.61 Å². The first-order valence-electron chi connectivity index (χ1n) is 5.90. The van der Waals surface area contributed by atoms with E-state index in [0.717, 1.165) is 25.1 Å². The number of hydrogen-bond acceptors (Lipinski definition) is 5. The van der Waals surface area contributed by atoms with Crippen molar-refractivity contribution in [3.8, 4) is 5.88 Å². The quantitative estimate of drug-likeness (QED) is 0.361. The van der Waals surface area contributed by atoms with Gasteiger partial charge in [-0.25, -0.2) is 4.98 Å². The summed E-state index contributed by atoms with van der Waals surface area (Å²) in [5.74, 6) is 0.509. The lowest BCUT2D eigenvalue weighted by molar-refractivity contribution is 0.0663. The van der Waals surface area contributed by atoms with Crippen LogP contribution in [0.2, 0.25) is 0 Å². The van der Waals surface area contributed by atoms with Gasteiger partial charge in [0.05, 0.1) is 6.10 Å². The molecule has 0 radical (unpaired) electrons. The number of nitrogens with two attached hydrogens (primary N) is 1. The van der Waals surface area contributed by atoms with Crippen molar-refractivity contribution < 1.29 is 14.7 Å². The lowest BCUT2D eigenvalue weighted by Gasteiger charge is -2.12. The molecule has 6 nitrogen and oxygen atoms in total. The van der Waals surface area contributed by atoms with E-state index in [2.05, 4.69) is 10.1 Å². The van der Waals surface area contributed by atoms with Gasteiger partial charge in [0.2, 0.25) is 5.88 Å². The molecule has 1 aromatic rings. The normalized spacial score (nSPS) is 20.1. The predicted octanol–water partition coefficient (Wildman–Crippen LogP) is 1.04. The number of pyridine rings is 1. The molecule has 98 valence electrons. The molecule has 6 heteroatoms. The third kappa shape index (κ3) is 3.10. The van der Waals surface area contributed by atoms with E-state index in [1.54, 1.807) is 12.1 Å². The molecule has 0 bridgehead atoms. The van der Waals surface area contributed by atoms with Crippen LogP contribution >= 0.6 is 0 Å². The molecule has 1 aliphatic heterocycles. The number of hydrogen-bond donors (Lipinski definition) is 2. The summed E-state index contributed by atoms with van der Waals surface area (Å²) < 4.78 is 11.0. The smallest absolute Gasteiger partial charge is 0.214 e. The van der Waals surface area contributed by atoms with Crippen molar-refractivity contribution in [3.63, 3.8) is 0 Å². The molecule has 1 saturated heterocycles. The van der Waals surface area contributed by atoms with Gasteiger partial charge in [0.15, 0.2) is 5.84 Å². The van der Waals surface area contributed by atoms with Crippen molar-refractivity contribution in [2.75, 3.05) is 13.2 Å². The number of amidine groups is 1. The Morgan fingerprint density at radius 3 is 3.17 bits per heavy atom. The predicted molar refractivity (Wildman–Crippen MR) is 66.0 cm³/mol. The van der Waals surface area contributed by atoms with Crippen LogP contribution < -0.4 is 10.5 Å². The van der Waals surface area contributed by atoms with Crippen LogP contribution in [0.1, 0.15) is 24.1 Å². The molecular weight excluding hydrogens is 234 g/mol. The zero-order valence-electron chi connectivity index (χ0n) is 10.3. The second-order valence-corrected chi connectivity index (χ2v) is 4.27. The SMILES string of the molecule is Cc1cc(/C(N)=N/O)cc(OCC2CCCO2)n1. The summed E-state index contributed by atoms with van der Waals surface area (Å²) in [5, 5.41) is 11.6. The fourth-order valence-corrected chi connectivity index (χ4v) is 1.87. The number of aryl methyl sites for hydroxylation is 1.